The smallest absolute Gasteiger partial charge is 0.414 e. The van der Waals surface area contributed by atoms with Gasteiger partial charge in [-0.25, -0.2) is 28.0 Å². The summed E-state index contributed by atoms with van der Waals surface area (Å²) in [6, 6.07) is 19.1. The molecular formula is C57H77ClF2N4O14. The van der Waals surface area contributed by atoms with Crippen molar-refractivity contribution in [1.29, 1.82) is 0 Å². The summed E-state index contributed by atoms with van der Waals surface area (Å²) in [6.45, 7) is 20.1. The molecule has 4 unspecified atom stereocenters. The number of hydrogen-bond acceptors (Lipinski definition) is 14. The van der Waals surface area contributed by atoms with Crippen molar-refractivity contribution in [3.8, 4) is 0 Å². The fourth-order valence-electron chi connectivity index (χ4n) is 9.85. The molecule has 78 heavy (non-hydrogen) atoms. The van der Waals surface area contributed by atoms with E-state index < -0.39 is 65.3 Å². The van der Waals surface area contributed by atoms with E-state index in [1.807, 2.05) is 58.0 Å². The number of fused-ring (bicyclic) bond motifs is 2. The van der Waals surface area contributed by atoms with E-state index in [2.05, 4.69) is 16.0 Å². The Morgan fingerprint density at radius 2 is 1.24 bits per heavy atom. The Balaban J connectivity index is 0.000000201. The molecule has 3 heterocycles. The van der Waals surface area contributed by atoms with Crippen molar-refractivity contribution < 1.29 is 75.4 Å². The minimum atomic E-state index is -0.617. The van der Waals surface area contributed by atoms with Crippen molar-refractivity contribution in [2.24, 2.45) is 0 Å². The van der Waals surface area contributed by atoms with Crippen LogP contribution in [0.15, 0.2) is 66.7 Å². The highest BCUT2D eigenvalue weighted by molar-refractivity contribution is 6.18. The Labute approximate surface area is 461 Å². The lowest BCUT2D eigenvalue weighted by Crippen LogP contribution is -2.38. The van der Waals surface area contributed by atoms with E-state index >= 15 is 4.39 Å². The number of benzene rings is 3. The van der Waals surface area contributed by atoms with Crippen LogP contribution in [-0.2, 0) is 54.0 Å². The van der Waals surface area contributed by atoms with Gasteiger partial charge in [0.15, 0.2) is 11.6 Å². The van der Waals surface area contributed by atoms with Crippen molar-refractivity contribution in [2.75, 3.05) is 35.7 Å². The molecule has 3 aromatic carbocycles. The molecule has 5 fully saturated rings. The fourth-order valence-corrected chi connectivity index (χ4v) is 10.0. The molecule has 4 amide bonds. The van der Waals surface area contributed by atoms with Crippen molar-refractivity contribution in [3.05, 3.63) is 95.1 Å². The second-order valence-corrected chi connectivity index (χ2v) is 23.1. The van der Waals surface area contributed by atoms with Crippen molar-refractivity contribution >= 4 is 53.3 Å². The van der Waals surface area contributed by atoms with Crippen LogP contribution in [0.2, 0.25) is 0 Å². The van der Waals surface area contributed by atoms with Crippen molar-refractivity contribution in [1.82, 2.24) is 10.6 Å². The lowest BCUT2D eigenvalue weighted by molar-refractivity contribution is -0.146. The number of ether oxygens (including phenoxy) is 9. The lowest BCUT2D eigenvalue weighted by atomic mass is 9.81. The minimum absolute atomic E-state index is 0.00563. The van der Waals surface area contributed by atoms with Gasteiger partial charge in [-0.15, -0.1) is 11.6 Å². The fraction of sp³-hybridized carbons (Fsp3) is 0.596. The highest BCUT2D eigenvalue weighted by Crippen LogP contribution is 2.45. The van der Waals surface area contributed by atoms with Crippen LogP contribution in [0.1, 0.15) is 143 Å². The Kier molecular flexibility index (Phi) is 20.8. The van der Waals surface area contributed by atoms with Gasteiger partial charge in [0.2, 0.25) is 0 Å². The molecule has 8 atom stereocenters. The highest BCUT2D eigenvalue weighted by atomic mass is 35.5. The van der Waals surface area contributed by atoms with Crippen LogP contribution >= 0.6 is 11.6 Å². The zero-order valence-electron chi connectivity index (χ0n) is 46.5. The van der Waals surface area contributed by atoms with Crippen molar-refractivity contribution in [2.45, 2.75) is 193 Å². The van der Waals surface area contributed by atoms with Crippen LogP contribution in [0.4, 0.5) is 39.3 Å². The Morgan fingerprint density at radius 1 is 0.718 bits per heavy atom. The molecule has 0 aromatic heterocycles. The number of carbonyl (C=O) groups excluding carboxylic acids is 5. The topological polar surface area (TPSA) is 208 Å². The summed E-state index contributed by atoms with van der Waals surface area (Å²) >= 11 is 5.56. The summed E-state index contributed by atoms with van der Waals surface area (Å²) in [5, 5.41) is 7.66. The summed E-state index contributed by atoms with van der Waals surface area (Å²) in [6.07, 6.45) is 1.48. The Hall–Kier alpha value is -5.80. The monoisotopic (exact) mass is 1110 g/mol. The first kappa shape index (κ1) is 61.4. The summed E-state index contributed by atoms with van der Waals surface area (Å²) < 4.78 is 79.2. The summed E-state index contributed by atoms with van der Waals surface area (Å²) in [4.78, 5) is 59.5. The number of nitrogens with zero attached hydrogens (tertiary/aromatic N) is 1. The molecule has 3 N–H and O–H groups in total. The molecule has 3 aliphatic heterocycles. The third kappa shape index (κ3) is 18.9. The third-order valence-electron chi connectivity index (χ3n) is 13.0. The maximum atomic E-state index is 15.1. The maximum absolute atomic E-state index is 15.1. The van der Waals surface area contributed by atoms with E-state index in [1.165, 1.54) is 24.0 Å². The number of halogens is 3. The van der Waals surface area contributed by atoms with E-state index in [0.29, 0.717) is 28.9 Å². The van der Waals surface area contributed by atoms with Crippen LogP contribution in [0, 0.1) is 11.6 Å². The number of nitrogens with one attached hydrogen (secondary N) is 3. The molecule has 21 heteroatoms. The maximum Gasteiger partial charge on any atom is 0.414 e. The molecule has 0 bridgehead atoms. The number of amides is 4. The quantitative estimate of drug-likeness (QED) is 0.0876. The summed E-state index contributed by atoms with van der Waals surface area (Å²) in [7, 11) is 0. The minimum Gasteiger partial charge on any atom is -0.459 e. The summed E-state index contributed by atoms with van der Waals surface area (Å²) in [5.41, 5.74) is 1.80. The van der Waals surface area contributed by atoms with Gasteiger partial charge >= 0.3 is 30.3 Å². The molecular weight excluding hydrogens is 1040 g/mol. The van der Waals surface area contributed by atoms with Gasteiger partial charge in [0.1, 0.15) is 41.7 Å². The molecule has 8 rings (SSSR count). The van der Waals surface area contributed by atoms with E-state index in [-0.39, 0.29) is 80.0 Å². The molecule has 18 nitrogen and oxygen atoms in total. The largest absolute Gasteiger partial charge is 0.459 e. The average Bonchev–Trinajstić information content (AvgIpc) is 3.99. The third-order valence-corrected chi connectivity index (χ3v) is 13.3. The average molecular weight is 1120 g/mol. The second kappa shape index (κ2) is 26.4. The van der Waals surface area contributed by atoms with Crippen LogP contribution in [0.25, 0.3) is 0 Å². The first-order valence-corrected chi connectivity index (χ1v) is 27.0. The number of alkyl halides is 1. The van der Waals surface area contributed by atoms with Crippen molar-refractivity contribution in [3.63, 3.8) is 0 Å². The molecule has 2 aliphatic carbocycles. The molecule has 3 aromatic rings. The molecule has 5 aliphatic rings. The SMILES string of the molecule is CC(=O)O[C@H](CCl)CNC(=O)OC(C)(C)C.CC(C)(C)OC(=O)NC[C@H]1CN(c2ccc(C3CCC4OC(C)(C)O[C@H]4C3)c(F)c2)C(=O)O1.CC1(C)OC2CCC(c3ccc(NC(=O)OCc4ccccc4)cc3F)C[C@@H]2O1. The number of carbonyl (C=O) groups is 5. The first-order valence-electron chi connectivity index (χ1n) is 26.5. The number of hydrogen-bond donors (Lipinski definition) is 3. The molecule has 2 saturated carbocycles. The lowest BCUT2D eigenvalue weighted by Gasteiger charge is -2.30. The summed E-state index contributed by atoms with van der Waals surface area (Å²) in [5.74, 6) is -2.05. The van der Waals surface area contributed by atoms with Crippen LogP contribution in [0.5, 0.6) is 0 Å². The van der Waals surface area contributed by atoms with Crippen LogP contribution in [-0.4, -0.2) is 115 Å². The van der Waals surface area contributed by atoms with E-state index in [1.54, 1.807) is 65.8 Å². The first-order chi connectivity index (χ1) is 36.5. The highest BCUT2D eigenvalue weighted by Gasteiger charge is 2.46. The number of rotatable bonds is 12. The van der Waals surface area contributed by atoms with Gasteiger partial charge < -0.3 is 53.3 Å². The number of anilines is 2. The van der Waals surface area contributed by atoms with Gasteiger partial charge in [-0.2, -0.15) is 0 Å². The van der Waals surface area contributed by atoms with E-state index in [4.69, 9.17) is 54.2 Å². The predicted octanol–water partition coefficient (Wildman–Crippen LogP) is 11.5. The molecule has 0 radical (unpaired) electrons. The Morgan fingerprint density at radius 3 is 1.76 bits per heavy atom. The molecule has 3 saturated heterocycles. The number of cyclic esters (lactones) is 1. The zero-order chi connectivity index (χ0) is 57.2. The van der Waals surface area contributed by atoms with E-state index in [9.17, 15) is 28.4 Å². The normalized spacial score (nSPS) is 24.3. The van der Waals surface area contributed by atoms with Gasteiger partial charge in [-0.1, -0.05) is 42.5 Å². The van der Waals surface area contributed by atoms with Gasteiger partial charge in [0.05, 0.1) is 55.6 Å². The standard InChI is InChI=1S/C24H33FN2O6.C23H26FNO4.C10H18ClNO4/c1-23(2,3)33-21(28)26-12-16-13-27(22(29)30-16)15-7-8-17(18(25)11-15)14-6-9-19-20(10-14)32-24(4,5)31-19;1-23(2)28-20-11-8-16(12-21(20)29-23)18-10-9-17(13-19(18)24)25-22(26)27-14-15-6-4-3-5-7-15;1-7(13)15-8(5-11)6-12-9(14)16-10(2,3)4/h7-8,11,14,16,19-20H,6,9-10,12-13H2,1-5H3,(H,26,28);3-7,9-10,13,16,20-21H,8,11-12,14H2,1-2H3,(H,25,26);8H,5-6H2,1-4H3,(H,12,14)/t14?,16-,19?,20-;16?,20?,21-;8-/m001/s1. The van der Waals surface area contributed by atoms with Gasteiger partial charge in [0.25, 0.3) is 0 Å². The van der Waals surface area contributed by atoms with Crippen LogP contribution in [0.3, 0.4) is 0 Å². The Bertz CT molecular complexity index is 2540. The van der Waals surface area contributed by atoms with Gasteiger partial charge in [0, 0.05) is 12.6 Å². The zero-order valence-corrected chi connectivity index (χ0v) is 47.3. The second-order valence-electron chi connectivity index (χ2n) is 22.8. The van der Waals surface area contributed by atoms with E-state index in [0.717, 1.165) is 37.7 Å². The molecule has 430 valence electrons. The number of esters is 1. The van der Waals surface area contributed by atoms with Crippen LogP contribution < -0.4 is 20.9 Å². The molecule has 0 spiro atoms. The van der Waals surface area contributed by atoms with Gasteiger partial charge in [-0.05, 0) is 161 Å². The predicted molar refractivity (Wildman–Crippen MR) is 286 cm³/mol. The van der Waals surface area contributed by atoms with Gasteiger partial charge in [-0.3, -0.25) is 15.0 Å². The number of alkyl carbamates (subject to hydrolysis) is 2.